The first-order chi connectivity index (χ1) is 11.5. The molecule has 2 aliphatic heterocycles. The summed E-state index contributed by atoms with van der Waals surface area (Å²) in [6.45, 7) is 6.59. The number of aliphatic hydroxyl groups is 1. The summed E-state index contributed by atoms with van der Waals surface area (Å²) in [5.74, 6) is -0.0856. The van der Waals surface area contributed by atoms with Crippen molar-refractivity contribution in [3.05, 3.63) is 23.0 Å². The van der Waals surface area contributed by atoms with Gasteiger partial charge in [-0.1, -0.05) is 5.16 Å². The van der Waals surface area contributed by atoms with Crippen molar-refractivity contribution in [1.29, 1.82) is 0 Å². The fourth-order valence-electron chi connectivity index (χ4n) is 3.92. The average molecular weight is 330 g/mol. The number of aromatic nitrogens is 2. The van der Waals surface area contributed by atoms with Crippen LogP contribution in [0.4, 0.5) is 0 Å². The monoisotopic (exact) mass is 330 g/mol. The number of aliphatic hydroxyl groups excluding tert-OH is 1. The summed E-state index contributed by atoms with van der Waals surface area (Å²) >= 11 is 0. The van der Waals surface area contributed by atoms with Crippen LogP contribution in [-0.2, 0) is 0 Å². The number of pyridine rings is 1. The molecule has 0 radical (unpaired) electrons. The molecule has 1 N–H and O–H groups in total. The van der Waals surface area contributed by atoms with Crippen LogP contribution >= 0.6 is 0 Å². The molecular formula is C17H22N4O3. The first-order valence-corrected chi connectivity index (χ1v) is 8.49. The highest BCUT2D eigenvalue weighted by Gasteiger charge is 2.39. The summed E-state index contributed by atoms with van der Waals surface area (Å²) in [5, 5.41) is 15.0. The van der Waals surface area contributed by atoms with Gasteiger partial charge in [0.1, 0.15) is 0 Å². The normalized spacial score (nSPS) is 25.0. The molecule has 2 aromatic heterocycles. The van der Waals surface area contributed by atoms with Gasteiger partial charge in [0, 0.05) is 18.8 Å². The van der Waals surface area contributed by atoms with Gasteiger partial charge in [-0.15, -0.1) is 0 Å². The van der Waals surface area contributed by atoms with Gasteiger partial charge in [-0.05, 0) is 45.8 Å². The molecule has 1 amide bonds. The number of nitrogens with zero attached hydrogens (tertiary/aromatic N) is 4. The van der Waals surface area contributed by atoms with Crippen LogP contribution in [0.25, 0.3) is 11.1 Å². The standard InChI is InChI=1S/C17H22N4O3/c1-10-7-12(15-11(2)19-24-16(15)18-10)17(23)21-8-13(14(22)9-21)20-5-3-4-6-20/h7,13-14,22H,3-6,8-9H2,1-2H3/t13-,14-/m0/s1. The second-order valence-corrected chi connectivity index (χ2v) is 6.85. The van der Waals surface area contributed by atoms with Crippen LogP contribution in [0.3, 0.4) is 0 Å². The number of β-amino-alcohol motifs (C(OH)–C–C–N with tert-alkyl or cyclic N) is 1. The van der Waals surface area contributed by atoms with Crippen molar-refractivity contribution < 1.29 is 14.4 Å². The molecule has 0 unspecified atom stereocenters. The molecule has 4 heterocycles. The molecule has 7 nitrogen and oxygen atoms in total. The van der Waals surface area contributed by atoms with Gasteiger partial charge >= 0.3 is 0 Å². The van der Waals surface area contributed by atoms with Crippen LogP contribution < -0.4 is 0 Å². The highest BCUT2D eigenvalue weighted by atomic mass is 16.5. The third kappa shape index (κ3) is 2.48. The second kappa shape index (κ2) is 5.82. The Morgan fingerprint density at radius 1 is 1.29 bits per heavy atom. The number of fused-ring (bicyclic) bond motifs is 1. The van der Waals surface area contributed by atoms with Gasteiger partial charge in [0.25, 0.3) is 11.6 Å². The number of hydrogen-bond acceptors (Lipinski definition) is 6. The van der Waals surface area contributed by atoms with Gasteiger partial charge in [0.15, 0.2) is 0 Å². The summed E-state index contributed by atoms with van der Waals surface area (Å²) in [7, 11) is 0. The summed E-state index contributed by atoms with van der Waals surface area (Å²) in [6.07, 6.45) is 1.84. The fourth-order valence-corrected chi connectivity index (χ4v) is 3.92. The van der Waals surface area contributed by atoms with E-state index in [0.29, 0.717) is 35.4 Å². The second-order valence-electron chi connectivity index (χ2n) is 6.85. The summed E-state index contributed by atoms with van der Waals surface area (Å²) in [5.41, 5.74) is 2.34. The molecule has 2 fully saturated rings. The van der Waals surface area contributed by atoms with Crippen LogP contribution in [0.1, 0.15) is 34.6 Å². The van der Waals surface area contributed by atoms with E-state index in [1.54, 1.807) is 11.0 Å². The lowest BCUT2D eigenvalue weighted by atomic mass is 10.1. The maximum absolute atomic E-state index is 13.1. The molecular weight excluding hydrogens is 308 g/mol. The zero-order valence-corrected chi connectivity index (χ0v) is 14.0. The van der Waals surface area contributed by atoms with Crippen molar-refractivity contribution in [2.75, 3.05) is 26.2 Å². The quantitative estimate of drug-likeness (QED) is 0.888. The molecule has 4 rings (SSSR count). The van der Waals surface area contributed by atoms with Crippen LogP contribution in [0, 0.1) is 13.8 Å². The lowest BCUT2D eigenvalue weighted by Gasteiger charge is -2.25. The molecule has 0 aromatic carbocycles. The zero-order valence-electron chi connectivity index (χ0n) is 14.0. The molecule has 0 aliphatic carbocycles. The number of rotatable bonds is 2. The van der Waals surface area contributed by atoms with E-state index in [4.69, 9.17) is 4.52 Å². The first-order valence-electron chi connectivity index (χ1n) is 8.49. The Labute approximate surface area is 140 Å². The molecule has 128 valence electrons. The van der Waals surface area contributed by atoms with Gasteiger partial charge in [0.05, 0.1) is 28.8 Å². The fraction of sp³-hybridized carbons (Fsp3) is 0.588. The van der Waals surface area contributed by atoms with Gasteiger partial charge < -0.3 is 14.5 Å². The van der Waals surface area contributed by atoms with Crippen LogP contribution in [0.2, 0.25) is 0 Å². The van der Waals surface area contributed by atoms with Crippen LogP contribution in [-0.4, -0.2) is 69.3 Å². The lowest BCUT2D eigenvalue weighted by Crippen LogP contribution is -2.41. The predicted molar refractivity (Wildman–Crippen MR) is 87.8 cm³/mol. The molecule has 0 saturated carbocycles. The maximum Gasteiger partial charge on any atom is 0.258 e. The van der Waals surface area contributed by atoms with E-state index in [-0.39, 0.29) is 11.9 Å². The molecule has 24 heavy (non-hydrogen) atoms. The molecule has 2 saturated heterocycles. The Bertz CT molecular complexity index is 781. The van der Waals surface area contributed by atoms with E-state index in [9.17, 15) is 9.90 Å². The average Bonchev–Trinajstić information content (AvgIpc) is 3.26. The number of carbonyl (C=O) groups excluding carboxylic acids is 1. The Morgan fingerprint density at radius 2 is 2.04 bits per heavy atom. The van der Waals surface area contributed by atoms with Gasteiger partial charge in [0.2, 0.25) is 0 Å². The van der Waals surface area contributed by atoms with E-state index in [2.05, 4.69) is 15.0 Å². The molecule has 0 bridgehead atoms. The number of amides is 1. The largest absolute Gasteiger partial charge is 0.390 e. The SMILES string of the molecule is Cc1cc(C(=O)N2C[C@H](O)[C@@H](N3CCCC3)C2)c2c(C)noc2n1. The van der Waals surface area contributed by atoms with E-state index >= 15 is 0 Å². The molecule has 2 aromatic rings. The predicted octanol–water partition coefficient (Wildman–Crippen LogP) is 1.12. The van der Waals surface area contributed by atoms with Crippen molar-refractivity contribution in [2.45, 2.75) is 38.8 Å². The Kier molecular flexibility index (Phi) is 3.77. The third-order valence-electron chi connectivity index (χ3n) is 5.13. The van der Waals surface area contributed by atoms with Crippen molar-refractivity contribution >= 4 is 17.0 Å². The van der Waals surface area contributed by atoms with E-state index in [0.717, 1.165) is 18.8 Å². The number of likely N-dealkylation sites (tertiary alicyclic amines) is 2. The van der Waals surface area contributed by atoms with Crippen LogP contribution in [0.15, 0.2) is 10.6 Å². The van der Waals surface area contributed by atoms with E-state index < -0.39 is 6.10 Å². The smallest absolute Gasteiger partial charge is 0.258 e. The van der Waals surface area contributed by atoms with Gasteiger partial charge in [-0.3, -0.25) is 9.69 Å². The molecule has 0 spiro atoms. The topological polar surface area (TPSA) is 82.7 Å². The van der Waals surface area contributed by atoms with E-state index in [1.165, 1.54) is 12.8 Å². The van der Waals surface area contributed by atoms with E-state index in [1.807, 2.05) is 13.8 Å². The summed E-state index contributed by atoms with van der Waals surface area (Å²) in [6, 6.07) is 1.82. The minimum absolute atomic E-state index is 0.0402. The number of hydrogen-bond donors (Lipinski definition) is 1. The van der Waals surface area contributed by atoms with Crippen molar-refractivity contribution in [3.63, 3.8) is 0 Å². The minimum atomic E-state index is -0.492. The lowest BCUT2D eigenvalue weighted by molar-refractivity contribution is 0.0765. The highest BCUT2D eigenvalue weighted by Crippen LogP contribution is 2.26. The molecule has 2 atom stereocenters. The Balaban J connectivity index is 1.64. The minimum Gasteiger partial charge on any atom is -0.390 e. The van der Waals surface area contributed by atoms with Crippen molar-refractivity contribution in [3.8, 4) is 0 Å². The maximum atomic E-state index is 13.1. The van der Waals surface area contributed by atoms with Crippen molar-refractivity contribution in [1.82, 2.24) is 19.9 Å². The first kappa shape index (κ1) is 15.5. The zero-order chi connectivity index (χ0) is 16.8. The van der Waals surface area contributed by atoms with Crippen molar-refractivity contribution in [2.24, 2.45) is 0 Å². The van der Waals surface area contributed by atoms with Crippen LogP contribution in [0.5, 0.6) is 0 Å². The highest BCUT2D eigenvalue weighted by molar-refractivity contribution is 6.06. The molecule has 2 aliphatic rings. The number of carbonyl (C=O) groups is 1. The summed E-state index contributed by atoms with van der Waals surface area (Å²) < 4.78 is 5.22. The third-order valence-corrected chi connectivity index (χ3v) is 5.13. The molecule has 7 heteroatoms. The van der Waals surface area contributed by atoms with Gasteiger partial charge in [-0.2, -0.15) is 0 Å². The number of aryl methyl sites for hydroxylation is 2. The van der Waals surface area contributed by atoms with Gasteiger partial charge in [-0.25, -0.2) is 4.98 Å². The Morgan fingerprint density at radius 3 is 2.79 bits per heavy atom. The summed E-state index contributed by atoms with van der Waals surface area (Å²) in [4.78, 5) is 21.4. The Hall–Kier alpha value is -1.99.